The smallest absolute Gasteiger partial charge is 0.109 e. The minimum absolute atomic E-state index is 0. The third-order valence-corrected chi connectivity index (χ3v) is 11.5. The maximum Gasteiger partial charge on any atom is -0.109 e. The number of aryl methyl sites for hydroxylation is 2. The van der Waals surface area contributed by atoms with E-state index < -0.39 is 0 Å². The number of rotatable bonds is 4. The molecule has 6 aromatic carbocycles. The summed E-state index contributed by atoms with van der Waals surface area (Å²) in [5.74, 6) is 0. The van der Waals surface area contributed by atoms with Gasteiger partial charge in [-0.1, -0.05) is 131 Å². The maximum atomic E-state index is 3.88. The second-order valence-electron chi connectivity index (χ2n) is 16.5. The predicted molar refractivity (Wildman–Crippen MR) is 229 cm³/mol. The molecule has 0 radical (unpaired) electrons. The zero-order valence-electron chi connectivity index (χ0n) is 34.0. The molecule has 0 aliphatic heterocycles. The van der Waals surface area contributed by atoms with Crippen LogP contribution < -0.4 is 24.8 Å². The van der Waals surface area contributed by atoms with Gasteiger partial charge in [0, 0.05) is 0 Å². The van der Waals surface area contributed by atoms with Crippen LogP contribution >= 0.6 is 0 Å². The van der Waals surface area contributed by atoms with Crippen LogP contribution in [0.1, 0.15) is 92.5 Å². The second kappa shape index (κ2) is 19.5. The number of hydrogen-bond donors (Lipinski definition) is 0. The first-order valence-corrected chi connectivity index (χ1v) is 20.3. The molecule has 3 heteroatoms. The van der Waals surface area contributed by atoms with E-state index in [2.05, 4.69) is 201 Å². The molecule has 0 saturated carbocycles. The van der Waals surface area contributed by atoms with Gasteiger partial charge in [0.15, 0.2) is 0 Å². The molecular weight excluding hydrogens is 799 g/mol. The Balaban J connectivity index is 0.000000252. The fourth-order valence-electron chi connectivity index (χ4n) is 7.05. The van der Waals surface area contributed by atoms with Crippen LogP contribution in [0.25, 0.3) is 33.4 Å². The van der Waals surface area contributed by atoms with Crippen molar-refractivity contribution >= 4 is 3.21 Å². The number of allylic oxidation sites excluding steroid dienone is 4. The first-order chi connectivity index (χ1) is 25.8. The molecule has 0 fully saturated rings. The minimum atomic E-state index is 0. The molecule has 0 unspecified atom stereocenters. The Morgan fingerprint density at radius 2 is 1.07 bits per heavy atom. The van der Waals surface area contributed by atoms with Crippen molar-refractivity contribution in [3.63, 3.8) is 0 Å². The van der Waals surface area contributed by atoms with E-state index in [9.17, 15) is 0 Å². The third-order valence-electron chi connectivity index (χ3n) is 10.1. The first-order valence-electron chi connectivity index (χ1n) is 19.1. The molecule has 0 amide bonds. The Morgan fingerprint density at radius 1 is 0.571 bits per heavy atom. The van der Waals surface area contributed by atoms with Gasteiger partial charge < -0.3 is 24.8 Å². The summed E-state index contributed by atoms with van der Waals surface area (Å²) in [5.41, 5.74) is 18.8. The summed E-state index contributed by atoms with van der Waals surface area (Å²) in [6.07, 6.45) is 10.9. The van der Waals surface area contributed by atoms with E-state index in [0.29, 0.717) is 0 Å². The summed E-state index contributed by atoms with van der Waals surface area (Å²) in [4.78, 5) is 0. The average molecular weight is 851 g/mol. The van der Waals surface area contributed by atoms with E-state index in [1.165, 1.54) is 105 Å². The minimum Gasteiger partial charge on any atom is -1.00 e. The standard InChI is InChI=1S/C33H33.C15H14.C5H5.2ClH.Zr/c1-32(2,3)30-20-26-24(18-28(30)22-13-9-7-10-14-22)17-25-19-29(23-15-11-8-12-16-23)31(21-27(25)26)33(4,5)6;1-12-3-7-14(8-4-12)11-15-9-5-13(2)6-10-15;1-2-4-5-3-1;;;/h7-16,18,20-21H,17H2,1-6H3;3-10H,1-2H3;1-3H,4H2;2*1H;/q-1;;-1;;;+2/p-2. The molecular formula is C53H52Cl2Zr-2. The van der Waals surface area contributed by atoms with Crippen molar-refractivity contribution in [1.82, 2.24) is 0 Å². The van der Waals surface area contributed by atoms with Gasteiger partial charge in [-0.2, -0.15) is 6.08 Å². The van der Waals surface area contributed by atoms with E-state index >= 15 is 0 Å². The molecule has 0 heterocycles. The van der Waals surface area contributed by atoms with Gasteiger partial charge in [-0.25, -0.2) is 12.2 Å². The second-order valence-corrected chi connectivity index (χ2v) is 17.8. The van der Waals surface area contributed by atoms with Gasteiger partial charge in [-0.15, -0.1) is 35.2 Å². The molecule has 0 bridgehead atoms. The number of fused-ring (bicyclic) bond motifs is 3. The maximum absolute atomic E-state index is 3.88. The Hall–Kier alpha value is -3.87. The summed E-state index contributed by atoms with van der Waals surface area (Å²) in [7, 11) is 0. The van der Waals surface area contributed by atoms with Crippen molar-refractivity contribution in [3.05, 3.63) is 202 Å². The molecule has 2 aliphatic carbocycles. The van der Waals surface area contributed by atoms with E-state index in [-0.39, 0.29) is 35.6 Å². The summed E-state index contributed by atoms with van der Waals surface area (Å²) < 4.78 is 1.42. The Kier molecular flexibility index (Phi) is 15.6. The molecule has 8 rings (SSSR count). The van der Waals surface area contributed by atoms with Gasteiger partial charge in [0.2, 0.25) is 0 Å². The van der Waals surface area contributed by atoms with E-state index in [1.54, 1.807) is 0 Å². The average Bonchev–Trinajstić information content (AvgIpc) is 3.86. The van der Waals surface area contributed by atoms with Gasteiger partial charge in [-0.3, -0.25) is 6.08 Å². The molecule has 0 aromatic heterocycles. The van der Waals surface area contributed by atoms with E-state index in [1.807, 2.05) is 12.2 Å². The van der Waals surface area contributed by atoms with Gasteiger partial charge >= 0.3 is 112 Å². The SMILES string of the molecule is CC(C)(C)c1cc2c([c-]c1-c1ccccc1)Cc1cc(-c3ccccc3)c(C(C)(C)C)cc1-2.Cc1ccc([C](=[Zr+2])c2ccc(C)cc2)cc1.[C-]1=CC=CC1.[Cl-].[Cl-]. The van der Waals surface area contributed by atoms with Crippen molar-refractivity contribution < 1.29 is 49.0 Å². The van der Waals surface area contributed by atoms with Crippen LogP contribution in [0.15, 0.2) is 146 Å². The van der Waals surface area contributed by atoms with Gasteiger partial charge in [0.05, 0.1) is 0 Å². The largest absolute Gasteiger partial charge is 1.00 e. The molecule has 6 aromatic rings. The molecule has 284 valence electrons. The molecule has 0 saturated heterocycles. The molecule has 0 nitrogen and oxygen atoms in total. The molecule has 0 N–H and O–H groups in total. The molecule has 0 spiro atoms. The van der Waals surface area contributed by atoms with Crippen molar-refractivity contribution in [1.29, 1.82) is 0 Å². The van der Waals surface area contributed by atoms with Crippen molar-refractivity contribution in [3.8, 4) is 33.4 Å². The van der Waals surface area contributed by atoms with Crippen LogP contribution in [0.4, 0.5) is 0 Å². The topological polar surface area (TPSA) is 0 Å². The quantitative estimate of drug-likeness (QED) is 0.159. The number of benzene rings is 6. The summed E-state index contributed by atoms with van der Waals surface area (Å²) in [5, 5.41) is 0. The fraction of sp³-hybridized carbons (Fsp3) is 0.226. The molecule has 56 heavy (non-hydrogen) atoms. The zero-order valence-corrected chi connectivity index (χ0v) is 38.0. The summed E-state index contributed by atoms with van der Waals surface area (Å²) in [6, 6.07) is 50.4. The van der Waals surface area contributed by atoms with Crippen molar-refractivity contribution in [2.45, 2.75) is 79.1 Å². The van der Waals surface area contributed by atoms with Crippen LogP contribution in [0.5, 0.6) is 0 Å². The van der Waals surface area contributed by atoms with Gasteiger partial charge in [-0.05, 0) is 39.5 Å². The summed E-state index contributed by atoms with van der Waals surface area (Å²) >= 11 is 1.46. The van der Waals surface area contributed by atoms with Gasteiger partial charge in [0.25, 0.3) is 0 Å². The van der Waals surface area contributed by atoms with Crippen LogP contribution in [0.3, 0.4) is 0 Å². The van der Waals surface area contributed by atoms with Crippen LogP contribution in [0, 0.1) is 26.0 Å². The number of hydrogen-bond acceptors (Lipinski definition) is 0. The Labute approximate surface area is 364 Å². The Bertz CT molecular complexity index is 2120. The van der Waals surface area contributed by atoms with Crippen molar-refractivity contribution in [2.24, 2.45) is 0 Å². The Morgan fingerprint density at radius 3 is 1.52 bits per heavy atom. The third kappa shape index (κ3) is 10.9. The molecule has 2 aliphatic rings. The number of halogens is 2. The van der Waals surface area contributed by atoms with Gasteiger partial charge in [0.1, 0.15) is 0 Å². The monoisotopic (exact) mass is 848 g/mol. The van der Waals surface area contributed by atoms with Crippen LogP contribution in [0.2, 0.25) is 0 Å². The van der Waals surface area contributed by atoms with Crippen molar-refractivity contribution in [2.75, 3.05) is 0 Å². The van der Waals surface area contributed by atoms with E-state index in [0.717, 1.165) is 12.8 Å². The fourth-order valence-corrected chi connectivity index (χ4v) is 7.87. The summed E-state index contributed by atoms with van der Waals surface area (Å²) in [6.45, 7) is 18.1. The zero-order chi connectivity index (χ0) is 38.5. The van der Waals surface area contributed by atoms with Crippen LogP contribution in [-0.2, 0) is 41.5 Å². The predicted octanol–water partition coefficient (Wildman–Crippen LogP) is 7.72. The normalized spacial score (nSPS) is 12.2. The first kappa shape index (κ1) is 44.8. The van der Waals surface area contributed by atoms with E-state index in [4.69, 9.17) is 0 Å². The van der Waals surface area contributed by atoms with Crippen LogP contribution in [-0.4, -0.2) is 3.21 Å². The molecule has 0 atom stereocenters.